The van der Waals surface area contributed by atoms with Crippen LogP contribution in [0.15, 0.2) is 24.5 Å². The summed E-state index contributed by atoms with van der Waals surface area (Å²) in [6.07, 6.45) is 3.14. The average molecular weight is 243 g/mol. The van der Waals surface area contributed by atoms with Crippen LogP contribution in [-0.4, -0.2) is 21.1 Å². The Morgan fingerprint density at radius 2 is 2.39 bits per heavy atom. The lowest BCUT2D eigenvalue weighted by Crippen LogP contribution is -2.28. The van der Waals surface area contributed by atoms with Crippen molar-refractivity contribution in [3.8, 4) is 0 Å². The van der Waals surface area contributed by atoms with Crippen molar-refractivity contribution in [2.45, 2.75) is 18.9 Å². The fourth-order valence-corrected chi connectivity index (χ4v) is 2.33. The van der Waals surface area contributed by atoms with E-state index in [2.05, 4.69) is 20.5 Å². The molecule has 0 saturated heterocycles. The number of nitrogens with one attached hydrogen (secondary N) is 2. The monoisotopic (exact) mass is 243 g/mol. The molecule has 4 N–H and O–H groups in total. The Labute approximate surface area is 104 Å². The minimum atomic E-state index is -0.234. The van der Waals surface area contributed by atoms with E-state index in [9.17, 15) is 4.79 Å². The Kier molecular flexibility index (Phi) is 2.47. The Morgan fingerprint density at radius 1 is 1.50 bits per heavy atom. The summed E-state index contributed by atoms with van der Waals surface area (Å²) >= 11 is 0. The van der Waals surface area contributed by atoms with Gasteiger partial charge in [0.1, 0.15) is 6.33 Å². The molecule has 1 aliphatic rings. The zero-order chi connectivity index (χ0) is 12.5. The molecule has 0 fully saturated rings. The van der Waals surface area contributed by atoms with Gasteiger partial charge in [0.2, 0.25) is 5.82 Å². The van der Waals surface area contributed by atoms with Crippen molar-refractivity contribution in [1.82, 2.24) is 20.5 Å². The van der Waals surface area contributed by atoms with Gasteiger partial charge in [0.25, 0.3) is 5.91 Å². The molecule has 1 amide bonds. The lowest BCUT2D eigenvalue weighted by atomic mass is 10.1. The molecule has 1 atom stereocenters. The summed E-state index contributed by atoms with van der Waals surface area (Å²) in [7, 11) is 0. The third-order valence-corrected chi connectivity index (χ3v) is 3.18. The second kappa shape index (κ2) is 4.14. The summed E-state index contributed by atoms with van der Waals surface area (Å²) < 4.78 is 0. The highest BCUT2D eigenvalue weighted by Crippen LogP contribution is 2.32. The van der Waals surface area contributed by atoms with Crippen molar-refractivity contribution in [3.63, 3.8) is 0 Å². The van der Waals surface area contributed by atoms with E-state index < -0.39 is 0 Å². The smallest absolute Gasteiger partial charge is 0.289 e. The van der Waals surface area contributed by atoms with E-state index in [1.54, 1.807) is 0 Å². The molecule has 2 aromatic rings. The van der Waals surface area contributed by atoms with Crippen LogP contribution in [0, 0.1) is 0 Å². The first-order valence-electron chi connectivity index (χ1n) is 5.78. The Bertz CT molecular complexity index is 578. The number of anilines is 1. The fourth-order valence-electron chi connectivity index (χ4n) is 2.33. The molecule has 1 aromatic heterocycles. The topological polar surface area (TPSA) is 96.7 Å². The maximum atomic E-state index is 11.9. The van der Waals surface area contributed by atoms with Gasteiger partial charge in [-0.1, -0.05) is 6.07 Å². The molecule has 18 heavy (non-hydrogen) atoms. The van der Waals surface area contributed by atoms with Gasteiger partial charge in [-0.2, -0.15) is 5.10 Å². The largest absolute Gasteiger partial charge is 0.399 e. The predicted octanol–water partition coefficient (Wildman–Crippen LogP) is 0.804. The van der Waals surface area contributed by atoms with Crippen molar-refractivity contribution in [2.24, 2.45) is 0 Å². The number of H-pyrrole nitrogens is 1. The van der Waals surface area contributed by atoms with Gasteiger partial charge in [-0.25, -0.2) is 4.98 Å². The number of nitrogen functional groups attached to an aromatic ring is 1. The molecule has 0 radical (unpaired) electrons. The number of carbonyl (C=O) groups excluding carboxylic acids is 1. The lowest BCUT2D eigenvalue weighted by molar-refractivity contribution is 0.0926. The number of aromatic nitrogens is 3. The Morgan fingerprint density at radius 3 is 3.17 bits per heavy atom. The quantitative estimate of drug-likeness (QED) is 0.680. The van der Waals surface area contributed by atoms with Crippen LogP contribution < -0.4 is 11.1 Å². The van der Waals surface area contributed by atoms with Crippen LogP contribution in [-0.2, 0) is 6.42 Å². The van der Waals surface area contributed by atoms with Crippen LogP contribution in [0.25, 0.3) is 0 Å². The first kappa shape index (κ1) is 10.8. The van der Waals surface area contributed by atoms with Gasteiger partial charge in [0.15, 0.2) is 0 Å². The molecule has 1 aromatic carbocycles. The zero-order valence-corrected chi connectivity index (χ0v) is 9.68. The normalized spacial score (nSPS) is 17.4. The summed E-state index contributed by atoms with van der Waals surface area (Å²) in [5.74, 6) is 0.000991. The number of fused-ring (bicyclic) bond motifs is 1. The molecule has 6 nitrogen and oxygen atoms in total. The summed E-state index contributed by atoms with van der Waals surface area (Å²) in [4.78, 5) is 15.7. The summed E-state index contributed by atoms with van der Waals surface area (Å²) in [6.45, 7) is 0. The molecule has 3 rings (SSSR count). The standard InChI is InChI=1S/C12H13N5O/c13-8-2-3-9-7(5-8)1-4-10(9)16-12(18)11-14-6-15-17-11/h2-3,5-6,10H,1,4,13H2,(H,16,18)(H,14,15,17). The second-order valence-corrected chi connectivity index (χ2v) is 4.36. The van der Waals surface area contributed by atoms with Gasteiger partial charge in [0.05, 0.1) is 6.04 Å². The van der Waals surface area contributed by atoms with Crippen LogP contribution >= 0.6 is 0 Å². The molecular formula is C12H13N5O. The van der Waals surface area contributed by atoms with Crippen molar-refractivity contribution in [1.29, 1.82) is 0 Å². The van der Waals surface area contributed by atoms with Crippen LogP contribution in [0.4, 0.5) is 5.69 Å². The van der Waals surface area contributed by atoms with Crippen LogP contribution in [0.5, 0.6) is 0 Å². The third kappa shape index (κ3) is 1.81. The number of nitrogens with zero attached hydrogens (tertiary/aromatic N) is 2. The van der Waals surface area contributed by atoms with Crippen LogP contribution in [0.2, 0.25) is 0 Å². The van der Waals surface area contributed by atoms with E-state index >= 15 is 0 Å². The van der Waals surface area contributed by atoms with E-state index in [4.69, 9.17) is 5.73 Å². The van der Waals surface area contributed by atoms with E-state index in [-0.39, 0.29) is 17.8 Å². The predicted molar refractivity (Wildman–Crippen MR) is 65.8 cm³/mol. The molecule has 1 unspecified atom stereocenters. The molecule has 92 valence electrons. The second-order valence-electron chi connectivity index (χ2n) is 4.36. The van der Waals surface area contributed by atoms with Gasteiger partial charge < -0.3 is 11.1 Å². The number of hydrogen-bond acceptors (Lipinski definition) is 4. The van der Waals surface area contributed by atoms with E-state index in [0.29, 0.717) is 0 Å². The van der Waals surface area contributed by atoms with Gasteiger partial charge in [0, 0.05) is 5.69 Å². The molecule has 1 aliphatic carbocycles. The van der Waals surface area contributed by atoms with Gasteiger partial charge in [-0.05, 0) is 36.1 Å². The minimum absolute atomic E-state index is 0.0261. The van der Waals surface area contributed by atoms with Crippen molar-refractivity contribution in [3.05, 3.63) is 41.5 Å². The maximum Gasteiger partial charge on any atom is 0.289 e. The first-order valence-corrected chi connectivity index (χ1v) is 5.78. The number of carbonyl (C=O) groups is 1. The zero-order valence-electron chi connectivity index (χ0n) is 9.68. The van der Waals surface area contributed by atoms with Crippen molar-refractivity contribution >= 4 is 11.6 Å². The first-order chi connectivity index (χ1) is 8.74. The highest BCUT2D eigenvalue weighted by atomic mass is 16.2. The highest BCUT2D eigenvalue weighted by Gasteiger charge is 2.24. The summed E-state index contributed by atoms with van der Waals surface area (Å²) in [6, 6.07) is 5.83. The third-order valence-electron chi connectivity index (χ3n) is 3.18. The number of benzene rings is 1. The molecule has 1 heterocycles. The highest BCUT2D eigenvalue weighted by molar-refractivity contribution is 5.90. The summed E-state index contributed by atoms with van der Waals surface area (Å²) in [5.41, 5.74) is 8.85. The molecule has 0 aliphatic heterocycles. The molecular weight excluding hydrogens is 230 g/mol. The van der Waals surface area contributed by atoms with Gasteiger partial charge >= 0.3 is 0 Å². The number of aromatic amines is 1. The Hall–Kier alpha value is -2.37. The molecule has 6 heteroatoms. The minimum Gasteiger partial charge on any atom is -0.399 e. The van der Waals surface area contributed by atoms with E-state index in [0.717, 1.165) is 24.1 Å². The number of amides is 1. The van der Waals surface area contributed by atoms with Gasteiger partial charge in [-0.3, -0.25) is 9.89 Å². The maximum absolute atomic E-state index is 11.9. The molecule has 0 spiro atoms. The number of nitrogens with two attached hydrogens (primary N) is 1. The number of aryl methyl sites for hydroxylation is 1. The SMILES string of the molecule is Nc1ccc2c(c1)CCC2NC(=O)c1ncn[nH]1. The average Bonchev–Trinajstić information content (AvgIpc) is 2.98. The van der Waals surface area contributed by atoms with Crippen molar-refractivity contribution in [2.75, 3.05) is 5.73 Å². The van der Waals surface area contributed by atoms with Gasteiger partial charge in [-0.15, -0.1) is 0 Å². The van der Waals surface area contributed by atoms with Crippen LogP contribution in [0.3, 0.4) is 0 Å². The van der Waals surface area contributed by atoms with Crippen molar-refractivity contribution < 1.29 is 4.79 Å². The molecule has 0 bridgehead atoms. The lowest BCUT2D eigenvalue weighted by Gasteiger charge is -2.13. The number of hydrogen-bond donors (Lipinski definition) is 3. The Balaban J connectivity index is 1.79. The summed E-state index contributed by atoms with van der Waals surface area (Å²) in [5, 5.41) is 9.15. The molecule has 0 saturated carbocycles. The fraction of sp³-hybridized carbons (Fsp3) is 0.250. The van der Waals surface area contributed by atoms with E-state index in [1.807, 2.05) is 18.2 Å². The number of rotatable bonds is 2. The van der Waals surface area contributed by atoms with E-state index in [1.165, 1.54) is 11.9 Å². The van der Waals surface area contributed by atoms with Crippen LogP contribution in [0.1, 0.15) is 34.2 Å².